The molecule has 0 bridgehead atoms. The maximum absolute atomic E-state index is 12.0. The zero-order valence-electron chi connectivity index (χ0n) is 18.8. The van der Waals surface area contributed by atoms with Crippen LogP contribution < -0.4 is 32.7 Å². The fourth-order valence-corrected chi connectivity index (χ4v) is 3.05. The summed E-state index contributed by atoms with van der Waals surface area (Å²) in [6.45, 7) is 5.87. The zero-order valence-corrected chi connectivity index (χ0v) is 18.8. The van der Waals surface area contributed by atoms with E-state index in [0.717, 1.165) is 71.2 Å². The second-order valence-electron chi connectivity index (χ2n) is 7.72. The summed E-state index contributed by atoms with van der Waals surface area (Å²) in [7, 11) is 0. The topological polar surface area (TPSA) is 134 Å². The summed E-state index contributed by atoms with van der Waals surface area (Å²) >= 11 is 0. The van der Waals surface area contributed by atoms with Crippen LogP contribution in [0.1, 0.15) is 55.3 Å². The van der Waals surface area contributed by atoms with Gasteiger partial charge < -0.3 is 32.7 Å². The predicted octanol–water partition coefficient (Wildman–Crippen LogP) is 0.729. The Morgan fingerprint density at radius 2 is 1.32 bits per heavy atom. The van der Waals surface area contributed by atoms with E-state index >= 15 is 0 Å². The summed E-state index contributed by atoms with van der Waals surface area (Å²) in [5, 5.41) is 12.5. The third-order valence-corrected chi connectivity index (χ3v) is 4.94. The molecule has 1 rings (SSSR count). The minimum atomic E-state index is -0.496. The fourth-order valence-electron chi connectivity index (χ4n) is 3.05. The third-order valence-electron chi connectivity index (χ3n) is 4.94. The minimum absolute atomic E-state index is 0.0737. The third kappa shape index (κ3) is 14.6. The molecule has 8 N–H and O–H groups in total. The van der Waals surface area contributed by atoms with E-state index in [1.165, 1.54) is 0 Å². The molecule has 1 aromatic rings. The van der Waals surface area contributed by atoms with E-state index in [-0.39, 0.29) is 11.8 Å². The molecular formula is C23H42N6O2. The minimum Gasteiger partial charge on any atom is -0.355 e. The van der Waals surface area contributed by atoms with Gasteiger partial charge in [-0.3, -0.25) is 9.59 Å². The molecule has 1 aromatic carbocycles. The van der Waals surface area contributed by atoms with Crippen LogP contribution in [0.3, 0.4) is 0 Å². The summed E-state index contributed by atoms with van der Waals surface area (Å²) in [4.78, 5) is 24.0. The molecule has 0 aliphatic heterocycles. The predicted molar refractivity (Wildman–Crippen MR) is 127 cm³/mol. The molecule has 0 saturated heterocycles. The number of carbonyl (C=O) groups excluding carboxylic acids is 2. The highest BCUT2D eigenvalue weighted by molar-refractivity contribution is 5.94. The van der Waals surface area contributed by atoms with Crippen LogP contribution >= 0.6 is 0 Å². The number of benzene rings is 1. The van der Waals surface area contributed by atoms with Gasteiger partial charge in [-0.1, -0.05) is 18.2 Å². The lowest BCUT2D eigenvalue weighted by atomic mass is 10.1. The second kappa shape index (κ2) is 18.7. The Morgan fingerprint density at radius 1 is 0.742 bits per heavy atom. The number of hydrogen-bond acceptors (Lipinski definition) is 6. The molecular weight excluding hydrogens is 392 g/mol. The van der Waals surface area contributed by atoms with Crippen molar-refractivity contribution in [1.29, 1.82) is 0 Å². The molecule has 0 aromatic heterocycles. The number of rotatable bonds is 19. The first kappa shape index (κ1) is 27.0. The fraction of sp³-hybridized carbons (Fsp3) is 0.652. The number of hydrogen-bond donors (Lipinski definition) is 6. The Hall–Kier alpha value is -2.00. The van der Waals surface area contributed by atoms with Crippen molar-refractivity contribution in [1.82, 2.24) is 21.3 Å². The summed E-state index contributed by atoms with van der Waals surface area (Å²) in [6.07, 6.45) is 6.42. The zero-order chi connectivity index (χ0) is 22.6. The first-order chi connectivity index (χ1) is 15.1. The first-order valence-electron chi connectivity index (χ1n) is 11.6. The molecule has 8 nitrogen and oxygen atoms in total. The van der Waals surface area contributed by atoms with Crippen molar-refractivity contribution in [3.05, 3.63) is 35.9 Å². The van der Waals surface area contributed by atoms with Crippen LogP contribution in [0.25, 0.3) is 0 Å². The second-order valence-corrected chi connectivity index (χ2v) is 7.72. The lowest BCUT2D eigenvalue weighted by molar-refractivity contribution is -0.122. The molecule has 0 aliphatic rings. The van der Waals surface area contributed by atoms with Gasteiger partial charge in [-0.2, -0.15) is 0 Å². The molecule has 0 unspecified atom stereocenters. The van der Waals surface area contributed by atoms with Gasteiger partial charge in [-0.05, 0) is 89.8 Å². The lowest BCUT2D eigenvalue weighted by Gasteiger charge is -2.12. The highest BCUT2D eigenvalue weighted by Gasteiger charge is 2.12. The van der Waals surface area contributed by atoms with Crippen LogP contribution in [0.2, 0.25) is 0 Å². The van der Waals surface area contributed by atoms with E-state index in [4.69, 9.17) is 11.5 Å². The van der Waals surface area contributed by atoms with Gasteiger partial charge in [-0.15, -0.1) is 0 Å². The summed E-state index contributed by atoms with van der Waals surface area (Å²) in [5.41, 5.74) is 12.1. The molecule has 0 spiro atoms. The quantitative estimate of drug-likeness (QED) is 0.178. The van der Waals surface area contributed by atoms with Crippen molar-refractivity contribution in [2.75, 3.05) is 45.8 Å². The first-order valence-corrected chi connectivity index (χ1v) is 11.6. The van der Waals surface area contributed by atoms with Gasteiger partial charge >= 0.3 is 0 Å². The molecule has 176 valence electrons. The van der Waals surface area contributed by atoms with Crippen molar-refractivity contribution in [3.8, 4) is 0 Å². The van der Waals surface area contributed by atoms with Crippen LogP contribution in [-0.4, -0.2) is 63.7 Å². The number of nitrogens with one attached hydrogen (secondary N) is 4. The number of amides is 2. The Morgan fingerprint density at radius 3 is 2.00 bits per heavy atom. The molecule has 1 atom stereocenters. The number of unbranched alkanes of at least 4 members (excludes halogenated alkanes) is 2. The Labute approximate surface area is 187 Å². The number of carbonyl (C=O) groups is 2. The van der Waals surface area contributed by atoms with Crippen LogP contribution in [-0.2, 0) is 4.79 Å². The van der Waals surface area contributed by atoms with Crippen molar-refractivity contribution >= 4 is 11.8 Å². The van der Waals surface area contributed by atoms with Crippen molar-refractivity contribution < 1.29 is 9.59 Å². The maximum Gasteiger partial charge on any atom is 0.251 e. The molecule has 31 heavy (non-hydrogen) atoms. The van der Waals surface area contributed by atoms with Gasteiger partial charge in [0.05, 0.1) is 6.04 Å². The van der Waals surface area contributed by atoms with Gasteiger partial charge in [0, 0.05) is 18.7 Å². The monoisotopic (exact) mass is 434 g/mol. The van der Waals surface area contributed by atoms with E-state index in [1.807, 2.05) is 18.2 Å². The smallest absolute Gasteiger partial charge is 0.251 e. The van der Waals surface area contributed by atoms with Gasteiger partial charge in [0.1, 0.15) is 0 Å². The molecule has 0 radical (unpaired) electrons. The van der Waals surface area contributed by atoms with Crippen molar-refractivity contribution in [2.24, 2.45) is 11.5 Å². The Balaban J connectivity index is 1.90. The highest BCUT2D eigenvalue weighted by Crippen LogP contribution is 2.01. The van der Waals surface area contributed by atoms with Crippen LogP contribution in [0.4, 0.5) is 0 Å². The maximum atomic E-state index is 12.0. The molecule has 0 aliphatic carbocycles. The van der Waals surface area contributed by atoms with E-state index in [9.17, 15) is 9.59 Å². The van der Waals surface area contributed by atoms with E-state index < -0.39 is 6.04 Å². The van der Waals surface area contributed by atoms with Gasteiger partial charge in [0.15, 0.2) is 0 Å². The molecule has 8 heteroatoms. The molecule has 0 saturated carbocycles. The van der Waals surface area contributed by atoms with Crippen molar-refractivity contribution in [2.45, 2.75) is 51.0 Å². The molecule has 0 heterocycles. The summed E-state index contributed by atoms with van der Waals surface area (Å²) in [5.74, 6) is -0.174. The van der Waals surface area contributed by atoms with Gasteiger partial charge in [0.2, 0.25) is 5.91 Å². The largest absolute Gasteiger partial charge is 0.355 e. The number of nitrogens with two attached hydrogens (primary N) is 2. The highest BCUT2D eigenvalue weighted by atomic mass is 16.2. The van der Waals surface area contributed by atoms with Gasteiger partial charge in [-0.25, -0.2) is 0 Å². The summed E-state index contributed by atoms with van der Waals surface area (Å²) < 4.78 is 0. The molecule has 2 amide bonds. The standard InChI is InChI=1S/C23H42N6O2/c24-13-8-16-26-14-6-7-15-27-17-9-19-29-23(31)21(25)12-4-5-18-28-22(30)20-10-2-1-3-11-20/h1-3,10-11,21,26-27H,4-9,12-19,24-25H2,(H,28,30)(H,29,31)/t21-/m0/s1. The van der Waals surface area contributed by atoms with Gasteiger partial charge in [0.25, 0.3) is 5.91 Å². The molecule has 0 fully saturated rings. The van der Waals surface area contributed by atoms with E-state index in [2.05, 4.69) is 21.3 Å². The average Bonchev–Trinajstić information content (AvgIpc) is 2.79. The Bertz CT molecular complexity index is 585. The van der Waals surface area contributed by atoms with E-state index in [0.29, 0.717) is 25.1 Å². The normalized spacial score (nSPS) is 11.8. The van der Waals surface area contributed by atoms with Crippen LogP contribution in [0, 0.1) is 0 Å². The van der Waals surface area contributed by atoms with E-state index in [1.54, 1.807) is 12.1 Å². The SMILES string of the molecule is NCCCNCCCCNCCCNC(=O)[C@@H](N)CCCCNC(=O)c1ccccc1. The van der Waals surface area contributed by atoms with Crippen molar-refractivity contribution in [3.63, 3.8) is 0 Å². The van der Waals surface area contributed by atoms with Crippen LogP contribution in [0.15, 0.2) is 30.3 Å². The van der Waals surface area contributed by atoms with Crippen LogP contribution in [0.5, 0.6) is 0 Å². The lowest BCUT2D eigenvalue weighted by Crippen LogP contribution is -2.41. The average molecular weight is 435 g/mol. The summed E-state index contributed by atoms with van der Waals surface area (Å²) in [6, 6.07) is 8.64. The Kier molecular flexibility index (Phi) is 16.3.